The van der Waals surface area contributed by atoms with Crippen molar-refractivity contribution in [3.05, 3.63) is 24.3 Å². The van der Waals surface area contributed by atoms with Gasteiger partial charge in [-0.25, -0.2) is 0 Å². The summed E-state index contributed by atoms with van der Waals surface area (Å²) in [5.74, 6) is 0.896. The lowest BCUT2D eigenvalue weighted by molar-refractivity contribution is 0.678. The highest BCUT2D eigenvalue weighted by molar-refractivity contribution is 5.94. The minimum atomic E-state index is 0.896. The Morgan fingerprint density at radius 3 is 2.32 bits per heavy atom. The summed E-state index contributed by atoms with van der Waals surface area (Å²) in [5.41, 5.74) is 2.42. The average molecular weight is 302 g/mol. The number of guanidine groups is 1. The quantitative estimate of drug-likeness (QED) is 0.766. The summed E-state index contributed by atoms with van der Waals surface area (Å²) in [4.78, 5) is 6.95. The van der Waals surface area contributed by atoms with Gasteiger partial charge in [-0.15, -0.1) is 0 Å². The van der Waals surface area contributed by atoms with Gasteiger partial charge in [0.2, 0.25) is 0 Å². The van der Waals surface area contributed by atoms with Crippen LogP contribution in [0.4, 0.5) is 11.4 Å². The number of nitrogens with one attached hydrogen (secondary N) is 2. The van der Waals surface area contributed by atoms with Crippen molar-refractivity contribution >= 4 is 17.3 Å². The van der Waals surface area contributed by atoms with E-state index < -0.39 is 0 Å². The van der Waals surface area contributed by atoms with Crippen LogP contribution in [0.15, 0.2) is 29.3 Å². The van der Waals surface area contributed by atoms with Crippen molar-refractivity contribution in [2.45, 2.75) is 46.0 Å². The highest BCUT2D eigenvalue weighted by Gasteiger charge is 2.07. The van der Waals surface area contributed by atoms with Gasteiger partial charge in [-0.05, 0) is 43.5 Å². The van der Waals surface area contributed by atoms with Gasteiger partial charge in [-0.2, -0.15) is 0 Å². The van der Waals surface area contributed by atoms with E-state index in [1.807, 2.05) is 0 Å². The summed E-state index contributed by atoms with van der Waals surface area (Å²) in [7, 11) is 0. The molecule has 2 N–H and O–H groups in total. The standard InChI is InChI=1S/C18H30N4/c1-3-5-14-22(15-6-4-2)17-10-8-16(9-11-17)21-18-19-12-7-13-20-18/h8-11H,3-7,12-15H2,1-2H3,(H2,19,20,21). The molecule has 0 saturated heterocycles. The summed E-state index contributed by atoms with van der Waals surface area (Å²) in [6.07, 6.45) is 6.12. The van der Waals surface area contributed by atoms with Gasteiger partial charge in [0, 0.05) is 37.6 Å². The second-order valence-electron chi connectivity index (χ2n) is 5.88. The highest BCUT2D eigenvalue weighted by atomic mass is 15.2. The van der Waals surface area contributed by atoms with Gasteiger partial charge in [0.25, 0.3) is 0 Å². The molecule has 4 heteroatoms. The van der Waals surface area contributed by atoms with Gasteiger partial charge in [-0.1, -0.05) is 26.7 Å². The average Bonchev–Trinajstić information content (AvgIpc) is 2.57. The van der Waals surface area contributed by atoms with Crippen molar-refractivity contribution in [3.63, 3.8) is 0 Å². The van der Waals surface area contributed by atoms with Crippen LogP contribution in [0.25, 0.3) is 0 Å². The lowest BCUT2D eigenvalue weighted by Gasteiger charge is -2.25. The molecule has 2 rings (SSSR count). The largest absolute Gasteiger partial charge is 0.372 e. The molecule has 22 heavy (non-hydrogen) atoms. The molecule has 0 unspecified atom stereocenters. The van der Waals surface area contributed by atoms with E-state index in [0.29, 0.717) is 0 Å². The molecule has 0 spiro atoms. The minimum Gasteiger partial charge on any atom is -0.372 e. The number of hydrogen-bond acceptors (Lipinski definition) is 4. The summed E-state index contributed by atoms with van der Waals surface area (Å²) in [6, 6.07) is 8.74. The second kappa shape index (κ2) is 9.34. The van der Waals surface area contributed by atoms with Gasteiger partial charge in [-0.3, -0.25) is 4.99 Å². The van der Waals surface area contributed by atoms with Crippen LogP contribution in [-0.2, 0) is 0 Å². The Bertz CT molecular complexity index is 445. The van der Waals surface area contributed by atoms with Crippen LogP contribution in [0.3, 0.4) is 0 Å². The monoisotopic (exact) mass is 302 g/mol. The third kappa shape index (κ3) is 5.24. The maximum Gasteiger partial charge on any atom is 0.195 e. The smallest absolute Gasteiger partial charge is 0.195 e. The molecule has 4 nitrogen and oxygen atoms in total. The van der Waals surface area contributed by atoms with Crippen LogP contribution in [0.5, 0.6) is 0 Å². The summed E-state index contributed by atoms with van der Waals surface area (Å²) < 4.78 is 0. The molecule has 0 radical (unpaired) electrons. The number of nitrogens with zero attached hydrogens (tertiary/aromatic N) is 2. The Hall–Kier alpha value is -1.71. The number of rotatable bonds is 8. The van der Waals surface area contributed by atoms with Crippen molar-refractivity contribution in [3.8, 4) is 0 Å². The zero-order valence-electron chi connectivity index (χ0n) is 14.1. The molecule has 0 atom stereocenters. The van der Waals surface area contributed by atoms with Crippen molar-refractivity contribution in [2.75, 3.05) is 36.4 Å². The molecule has 0 saturated carbocycles. The third-order valence-corrected chi connectivity index (χ3v) is 3.96. The van der Waals surface area contributed by atoms with E-state index in [4.69, 9.17) is 0 Å². The van der Waals surface area contributed by atoms with E-state index in [2.05, 4.69) is 58.6 Å². The van der Waals surface area contributed by atoms with Crippen molar-refractivity contribution in [1.29, 1.82) is 0 Å². The first kappa shape index (κ1) is 16.7. The first-order valence-corrected chi connectivity index (χ1v) is 8.74. The first-order chi connectivity index (χ1) is 10.8. The molecular weight excluding hydrogens is 272 g/mol. The molecule has 0 bridgehead atoms. The fourth-order valence-corrected chi connectivity index (χ4v) is 2.58. The zero-order valence-corrected chi connectivity index (χ0v) is 14.1. The molecule has 0 aliphatic carbocycles. The van der Waals surface area contributed by atoms with Crippen LogP contribution in [-0.4, -0.2) is 32.1 Å². The maximum atomic E-state index is 4.45. The molecular formula is C18H30N4. The van der Waals surface area contributed by atoms with E-state index in [1.165, 1.54) is 31.4 Å². The lowest BCUT2D eigenvalue weighted by Crippen LogP contribution is -2.35. The van der Waals surface area contributed by atoms with Gasteiger partial charge in [0.1, 0.15) is 0 Å². The van der Waals surface area contributed by atoms with Crippen molar-refractivity contribution in [2.24, 2.45) is 4.99 Å². The SMILES string of the molecule is CCCCN(CCCC)c1ccc(NC2=NCCCN2)cc1. The number of benzene rings is 1. The van der Waals surface area contributed by atoms with Crippen LogP contribution >= 0.6 is 0 Å². The van der Waals surface area contributed by atoms with Crippen LogP contribution in [0, 0.1) is 0 Å². The van der Waals surface area contributed by atoms with E-state index in [1.54, 1.807) is 0 Å². The Balaban J connectivity index is 1.96. The van der Waals surface area contributed by atoms with Gasteiger partial charge in [0.15, 0.2) is 5.96 Å². The van der Waals surface area contributed by atoms with E-state index in [-0.39, 0.29) is 0 Å². The van der Waals surface area contributed by atoms with Crippen LogP contribution in [0.2, 0.25) is 0 Å². The van der Waals surface area contributed by atoms with Gasteiger partial charge >= 0.3 is 0 Å². The highest BCUT2D eigenvalue weighted by Crippen LogP contribution is 2.19. The predicted octanol–water partition coefficient (Wildman–Crippen LogP) is 3.85. The Labute approximate surface area is 135 Å². The molecule has 0 amide bonds. The van der Waals surface area contributed by atoms with Crippen molar-refractivity contribution in [1.82, 2.24) is 5.32 Å². The number of anilines is 2. The molecule has 0 fully saturated rings. The molecule has 122 valence electrons. The second-order valence-corrected chi connectivity index (χ2v) is 5.88. The minimum absolute atomic E-state index is 0.896. The predicted molar refractivity (Wildman–Crippen MR) is 97.0 cm³/mol. The molecule has 1 aromatic rings. The maximum absolute atomic E-state index is 4.45. The van der Waals surface area contributed by atoms with Gasteiger partial charge in [0.05, 0.1) is 0 Å². The molecule has 1 heterocycles. The number of unbranched alkanes of at least 4 members (excludes halogenated alkanes) is 2. The third-order valence-electron chi connectivity index (χ3n) is 3.96. The van der Waals surface area contributed by atoms with Crippen LogP contribution in [0.1, 0.15) is 46.0 Å². The Morgan fingerprint density at radius 2 is 1.77 bits per heavy atom. The molecule has 0 aromatic heterocycles. The zero-order chi connectivity index (χ0) is 15.6. The van der Waals surface area contributed by atoms with Crippen LogP contribution < -0.4 is 15.5 Å². The summed E-state index contributed by atoms with van der Waals surface area (Å²) in [6.45, 7) is 8.72. The normalized spacial score (nSPS) is 14.2. The fraction of sp³-hybridized carbons (Fsp3) is 0.611. The summed E-state index contributed by atoms with van der Waals surface area (Å²) >= 11 is 0. The van der Waals surface area contributed by atoms with E-state index >= 15 is 0 Å². The van der Waals surface area contributed by atoms with E-state index in [9.17, 15) is 0 Å². The Kier molecular flexibility index (Phi) is 7.07. The van der Waals surface area contributed by atoms with Crippen molar-refractivity contribution < 1.29 is 0 Å². The molecule has 1 aliphatic heterocycles. The lowest BCUT2D eigenvalue weighted by atomic mass is 10.2. The fourth-order valence-electron chi connectivity index (χ4n) is 2.58. The van der Waals surface area contributed by atoms with E-state index in [0.717, 1.165) is 44.2 Å². The first-order valence-electron chi connectivity index (χ1n) is 8.74. The topological polar surface area (TPSA) is 39.7 Å². The molecule has 1 aromatic carbocycles. The summed E-state index contributed by atoms with van der Waals surface area (Å²) in [5, 5.41) is 6.64. The number of hydrogen-bond donors (Lipinski definition) is 2. The number of aliphatic imine (C=N–C) groups is 1. The molecule has 1 aliphatic rings. The van der Waals surface area contributed by atoms with Gasteiger partial charge < -0.3 is 15.5 Å². The Morgan fingerprint density at radius 1 is 1.09 bits per heavy atom.